The molecule has 1 heterocycles. The first-order chi connectivity index (χ1) is 7.56. The molecule has 2 rings (SSSR count). The third-order valence-electron chi connectivity index (χ3n) is 2.59. The van der Waals surface area contributed by atoms with E-state index in [0.29, 0.717) is 18.0 Å². The van der Waals surface area contributed by atoms with Gasteiger partial charge in [0.25, 0.3) is 0 Å². The van der Waals surface area contributed by atoms with Crippen molar-refractivity contribution in [3.05, 3.63) is 18.2 Å². The largest absolute Gasteiger partial charge is 0.497 e. The molecule has 1 aliphatic heterocycles. The van der Waals surface area contributed by atoms with Crippen LogP contribution >= 0.6 is 0 Å². The first-order valence-electron chi connectivity index (χ1n) is 4.94. The maximum absolute atomic E-state index is 12.0. The van der Waals surface area contributed by atoms with Crippen molar-refractivity contribution < 1.29 is 13.2 Å². The normalized spacial score (nSPS) is 22.0. The molecule has 0 amide bonds. The molecule has 0 fully saturated rings. The van der Waals surface area contributed by atoms with E-state index < -0.39 is 9.84 Å². The molecule has 16 heavy (non-hydrogen) atoms. The molecule has 88 valence electrons. The van der Waals surface area contributed by atoms with Crippen LogP contribution in [0.1, 0.15) is 0 Å². The molecule has 6 heteroatoms. The van der Waals surface area contributed by atoms with E-state index in [-0.39, 0.29) is 16.7 Å². The molecule has 1 unspecified atom stereocenters. The first kappa shape index (κ1) is 11.2. The van der Waals surface area contributed by atoms with Gasteiger partial charge in [-0.05, 0) is 12.1 Å². The number of fused-ring (bicyclic) bond motifs is 1. The number of hydrogen-bond acceptors (Lipinski definition) is 5. The Morgan fingerprint density at radius 3 is 2.94 bits per heavy atom. The molecule has 0 radical (unpaired) electrons. The van der Waals surface area contributed by atoms with Gasteiger partial charge in [0.1, 0.15) is 5.75 Å². The van der Waals surface area contributed by atoms with Crippen LogP contribution < -0.4 is 15.8 Å². The van der Waals surface area contributed by atoms with E-state index in [1.165, 1.54) is 13.2 Å². The Hall–Kier alpha value is -1.27. The van der Waals surface area contributed by atoms with Crippen molar-refractivity contribution >= 4 is 15.5 Å². The fraction of sp³-hybridized carbons (Fsp3) is 0.400. The van der Waals surface area contributed by atoms with Gasteiger partial charge in [-0.25, -0.2) is 8.42 Å². The van der Waals surface area contributed by atoms with Crippen molar-refractivity contribution in [1.29, 1.82) is 0 Å². The second-order valence-electron chi connectivity index (χ2n) is 3.72. The van der Waals surface area contributed by atoms with Crippen molar-refractivity contribution in [2.24, 2.45) is 5.73 Å². The number of sulfone groups is 1. The standard InChI is InChI=1S/C10H14N2O3S/c1-15-8-2-3-9-10(4-8)16(13,14)6-7(5-11)12-9/h2-4,7,12H,5-6,11H2,1H3. The summed E-state index contributed by atoms with van der Waals surface area (Å²) in [5, 5.41) is 3.09. The lowest BCUT2D eigenvalue weighted by Gasteiger charge is -2.26. The molecule has 1 aromatic carbocycles. The Morgan fingerprint density at radius 2 is 2.31 bits per heavy atom. The van der Waals surface area contributed by atoms with Gasteiger partial charge in [-0.1, -0.05) is 0 Å². The lowest BCUT2D eigenvalue weighted by Crippen LogP contribution is -2.39. The van der Waals surface area contributed by atoms with Crippen LogP contribution in [0, 0.1) is 0 Å². The summed E-state index contributed by atoms with van der Waals surface area (Å²) in [5.74, 6) is 0.569. The van der Waals surface area contributed by atoms with Crippen LogP contribution in [0.3, 0.4) is 0 Å². The highest BCUT2D eigenvalue weighted by Gasteiger charge is 2.29. The number of rotatable bonds is 2. The summed E-state index contributed by atoms with van der Waals surface area (Å²) >= 11 is 0. The molecule has 0 saturated heterocycles. The number of anilines is 1. The maximum atomic E-state index is 12.0. The fourth-order valence-corrected chi connectivity index (χ4v) is 3.44. The average Bonchev–Trinajstić information content (AvgIpc) is 2.27. The summed E-state index contributed by atoms with van der Waals surface area (Å²) in [4.78, 5) is 0.288. The summed E-state index contributed by atoms with van der Waals surface area (Å²) in [6, 6.07) is 4.74. The third kappa shape index (κ3) is 1.85. The van der Waals surface area contributed by atoms with Crippen molar-refractivity contribution in [3.8, 4) is 5.75 Å². The van der Waals surface area contributed by atoms with E-state index in [0.717, 1.165) is 0 Å². The second kappa shape index (κ2) is 3.95. The highest BCUT2D eigenvalue weighted by Crippen LogP contribution is 2.31. The Labute approximate surface area is 94.5 Å². The first-order valence-corrected chi connectivity index (χ1v) is 6.59. The van der Waals surface area contributed by atoms with Gasteiger partial charge in [0, 0.05) is 12.6 Å². The smallest absolute Gasteiger partial charge is 0.182 e. The Kier molecular flexibility index (Phi) is 2.77. The predicted molar refractivity (Wildman–Crippen MR) is 61.5 cm³/mol. The monoisotopic (exact) mass is 242 g/mol. The van der Waals surface area contributed by atoms with Crippen LogP contribution in [0.2, 0.25) is 0 Å². The SMILES string of the molecule is COc1ccc2c(c1)S(=O)(=O)CC(CN)N2. The molecular weight excluding hydrogens is 228 g/mol. The Bertz CT molecular complexity index is 499. The van der Waals surface area contributed by atoms with Gasteiger partial charge in [-0.15, -0.1) is 0 Å². The Balaban J connectivity index is 2.52. The van der Waals surface area contributed by atoms with Crippen LogP contribution in [-0.2, 0) is 9.84 Å². The van der Waals surface area contributed by atoms with Crippen molar-refractivity contribution in [2.75, 3.05) is 24.7 Å². The number of nitrogens with one attached hydrogen (secondary N) is 1. The van der Waals surface area contributed by atoms with Crippen molar-refractivity contribution in [2.45, 2.75) is 10.9 Å². The van der Waals surface area contributed by atoms with Gasteiger partial charge in [0.15, 0.2) is 9.84 Å². The van der Waals surface area contributed by atoms with E-state index in [9.17, 15) is 8.42 Å². The number of nitrogens with two attached hydrogens (primary N) is 1. The minimum atomic E-state index is -3.26. The zero-order valence-corrected chi connectivity index (χ0v) is 9.75. The molecule has 0 bridgehead atoms. The van der Waals surface area contributed by atoms with Crippen LogP contribution in [0.5, 0.6) is 5.75 Å². The van der Waals surface area contributed by atoms with Crippen LogP contribution in [0.15, 0.2) is 23.1 Å². The molecule has 1 atom stereocenters. The molecule has 0 spiro atoms. The minimum Gasteiger partial charge on any atom is -0.497 e. The third-order valence-corrected chi connectivity index (χ3v) is 4.44. The molecular formula is C10H14N2O3S. The zero-order valence-electron chi connectivity index (χ0n) is 8.93. The summed E-state index contributed by atoms with van der Waals surface area (Å²) in [7, 11) is -1.75. The van der Waals surface area contributed by atoms with Gasteiger partial charge in [-0.3, -0.25) is 0 Å². The van der Waals surface area contributed by atoms with E-state index in [1.54, 1.807) is 12.1 Å². The molecule has 5 nitrogen and oxygen atoms in total. The van der Waals surface area contributed by atoms with Crippen molar-refractivity contribution in [1.82, 2.24) is 0 Å². The maximum Gasteiger partial charge on any atom is 0.182 e. The minimum absolute atomic E-state index is 0.0314. The van der Waals surface area contributed by atoms with Gasteiger partial charge in [0.2, 0.25) is 0 Å². The average molecular weight is 242 g/mol. The fourth-order valence-electron chi connectivity index (χ4n) is 1.75. The number of hydrogen-bond donors (Lipinski definition) is 2. The van der Waals surface area contributed by atoms with Gasteiger partial charge < -0.3 is 15.8 Å². The molecule has 1 aliphatic rings. The topological polar surface area (TPSA) is 81.4 Å². The predicted octanol–water partition coefficient (Wildman–Crippen LogP) is 0.222. The van der Waals surface area contributed by atoms with E-state index in [1.807, 2.05) is 0 Å². The summed E-state index contributed by atoms with van der Waals surface area (Å²) in [6.07, 6.45) is 0. The molecule has 0 aliphatic carbocycles. The molecule has 3 N–H and O–H groups in total. The van der Waals surface area contributed by atoms with Crippen molar-refractivity contribution in [3.63, 3.8) is 0 Å². The number of methoxy groups -OCH3 is 1. The van der Waals surface area contributed by atoms with Crippen LogP contribution in [0.25, 0.3) is 0 Å². The van der Waals surface area contributed by atoms with Crippen LogP contribution in [0.4, 0.5) is 5.69 Å². The summed E-state index contributed by atoms with van der Waals surface area (Å²) in [5.41, 5.74) is 6.09. The summed E-state index contributed by atoms with van der Waals surface area (Å²) < 4.78 is 28.9. The van der Waals surface area contributed by atoms with E-state index in [4.69, 9.17) is 10.5 Å². The summed E-state index contributed by atoms with van der Waals surface area (Å²) in [6.45, 7) is 0.296. The lowest BCUT2D eigenvalue weighted by atomic mass is 10.2. The van der Waals surface area contributed by atoms with Gasteiger partial charge >= 0.3 is 0 Å². The quantitative estimate of drug-likeness (QED) is 0.775. The molecule has 1 aromatic rings. The Morgan fingerprint density at radius 1 is 1.56 bits per heavy atom. The second-order valence-corrected chi connectivity index (χ2v) is 5.72. The van der Waals surface area contributed by atoms with Gasteiger partial charge in [0.05, 0.1) is 29.5 Å². The zero-order chi connectivity index (χ0) is 11.8. The highest BCUT2D eigenvalue weighted by atomic mass is 32.2. The lowest BCUT2D eigenvalue weighted by molar-refractivity contribution is 0.413. The highest BCUT2D eigenvalue weighted by molar-refractivity contribution is 7.91. The molecule has 0 saturated carbocycles. The number of benzene rings is 1. The van der Waals surface area contributed by atoms with E-state index >= 15 is 0 Å². The molecule has 0 aromatic heterocycles. The van der Waals surface area contributed by atoms with E-state index in [2.05, 4.69) is 5.32 Å². The number of ether oxygens (including phenoxy) is 1. The van der Waals surface area contributed by atoms with Crippen LogP contribution in [-0.4, -0.2) is 33.9 Å². The van der Waals surface area contributed by atoms with Gasteiger partial charge in [-0.2, -0.15) is 0 Å².